The molecule has 18 heavy (non-hydrogen) atoms. The molecule has 5 nitrogen and oxygen atoms in total. The molecule has 0 aliphatic heterocycles. The monoisotopic (exact) mass is 256 g/mol. The van der Waals surface area contributed by atoms with Gasteiger partial charge in [-0.25, -0.2) is 0 Å². The molecule has 2 atom stereocenters. The quantitative estimate of drug-likeness (QED) is 0.578. The van der Waals surface area contributed by atoms with E-state index >= 15 is 0 Å². The summed E-state index contributed by atoms with van der Waals surface area (Å²) in [7, 11) is 0. The van der Waals surface area contributed by atoms with Gasteiger partial charge in [0.15, 0.2) is 0 Å². The number of carbonyl (C=O) groups excluding carboxylic acids is 1. The summed E-state index contributed by atoms with van der Waals surface area (Å²) in [5.41, 5.74) is 0. The lowest BCUT2D eigenvalue weighted by Crippen LogP contribution is -2.38. The Morgan fingerprint density at radius 2 is 1.94 bits per heavy atom. The van der Waals surface area contributed by atoms with Gasteiger partial charge in [-0.1, -0.05) is 13.3 Å². The summed E-state index contributed by atoms with van der Waals surface area (Å²) in [5.74, 6) is -0.960. The van der Waals surface area contributed by atoms with Crippen LogP contribution in [-0.4, -0.2) is 35.6 Å². The standard InChI is InChI=1S/C13H24N2O3/c1-9(13(17)18)4-3-5-10(2)14-8-12(16)15-11-6-7-11/h9-11,14H,3-8H2,1-2H3,(H,15,16)(H,17,18). The molecule has 1 saturated carbocycles. The molecule has 1 amide bonds. The zero-order valence-corrected chi connectivity index (χ0v) is 11.2. The Balaban J connectivity index is 2.00. The molecule has 0 spiro atoms. The SMILES string of the molecule is CC(CCCC(C)C(=O)O)NCC(=O)NC1CC1. The number of amides is 1. The first-order valence-electron chi connectivity index (χ1n) is 6.74. The van der Waals surface area contributed by atoms with E-state index in [1.165, 1.54) is 0 Å². The molecule has 3 N–H and O–H groups in total. The maximum Gasteiger partial charge on any atom is 0.306 e. The van der Waals surface area contributed by atoms with Crippen molar-refractivity contribution in [3.8, 4) is 0 Å². The van der Waals surface area contributed by atoms with Gasteiger partial charge in [0.25, 0.3) is 0 Å². The van der Waals surface area contributed by atoms with Gasteiger partial charge in [0.2, 0.25) is 5.91 Å². The van der Waals surface area contributed by atoms with Crippen molar-refractivity contribution in [2.45, 2.75) is 58.0 Å². The first-order chi connectivity index (χ1) is 8.49. The highest BCUT2D eigenvalue weighted by atomic mass is 16.4. The maximum atomic E-state index is 11.4. The van der Waals surface area contributed by atoms with E-state index in [2.05, 4.69) is 10.6 Å². The second-order valence-corrected chi connectivity index (χ2v) is 5.29. The van der Waals surface area contributed by atoms with E-state index in [-0.39, 0.29) is 17.9 Å². The van der Waals surface area contributed by atoms with Gasteiger partial charge in [0, 0.05) is 12.1 Å². The topological polar surface area (TPSA) is 78.4 Å². The minimum absolute atomic E-state index is 0.0586. The van der Waals surface area contributed by atoms with Crippen LogP contribution in [0.15, 0.2) is 0 Å². The van der Waals surface area contributed by atoms with E-state index in [9.17, 15) is 9.59 Å². The van der Waals surface area contributed by atoms with Crippen LogP contribution in [0.4, 0.5) is 0 Å². The van der Waals surface area contributed by atoms with Crippen molar-refractivity contribution >= 4 is 11.9 Å². The average molecular weight is 256 g/mol. The molecule has 2 unspecified atom stereocenters. The molecular weight excluding hydrogens is 232 g/mol. The summed E-state index contributed by atoms with van der Waals surface area (Å²) in [6.45, 7) is 4.10. The fraction of sp³-hybridized carbons (Fsp3) is 0.846. The van der Waals surface area contributed by atoms with E-state index in [0.29, 0.717) is 19.0 Å². The van der Waals surface area contributed by atoms with Gasteiger partial charge in [-0.2, -0.15) is 0 Å². The number of hydrogen-bond acceptors (Lipinski definition) is 3. The number of carbonyl (C=O) groups is 2. The van der Waals surface area contributed by atoms with Crippen molar-refractivity contribution in [1.29, 1.82) is 0 Å². The smallest absolute Gasteiger partial charge is 0.306 e. The predicted octanol–water partition coefficient (Wildman–Crippen LogP) is 1.13. The zero-order chi connectivity index (χ0) is 13.5. The summed E-state index contributed by atoms with van der Waals surface area (Å²) < 4.78 is 0. The number of carboxylic acid groups (broad SMARTS) is 1. The van der Waals surface area contributed by atoms with E-state index in [1.54, 1.807) is 6.92 Å². The fourth-order valence-electron chi connectivity index (χ4n) is 1.73. The van der Waals surface area contributed by atoms with Crippen LogP contribution in [0, 0.1) is 5.92 Å². The normalized spacial score (nSPS) is 18.1. The molecule has 1 fully saturated rings. The van der Waals surface area contributed by atoms with Crippen LogP contribution in [0.2, 0.25) is 0 Å². The molecule has 1 aliphatic rings. The molecule has 1 rings (SSSR count). The Labute approximate surface area is 108 Å². The summed E-state index contributed by atoms with van der Waals surface area (Å²) >= 11 is 0. The number of nitrogens with one attached hydrogen (secondary N) is 2. The van der Waals surface area contributed by atoms with Gasteiger partial charge in [0.1, 0.15) is 0 Å². The average Bonchev–Trinajstić information content (AvgIpc) is 3.10. The fourth-order valence-corrected chi connectivity index (χ4v) is 1.73. The van der Waals surface area contributed by atoms with Crippen LogP contribution < -0.4 is 10.6 Å². The Kier molecular flexibility index (Phi) is 6.12. The van der Waals surface area contributed by atoms with Crippen molar-refractivity contribution in [3.63, 3.8) is 0 Å². The number of rotatable bonds is 9. The summed E-state index contributed by atoms with van der Waals surface area (Å²) in [6, 6.07) is 0.655. The van der Waals surface area contributed by atoms with Crippen molar-refractivity contribution in [3.05, 3.63) is 0 Å². The van der Waals surface area contributed by atoms with Gasteiger partial charge in [-0.3, -0.25) is 9.59 Å². The van der Waals surface area contributed by atoms with Crippen molar-refractivity contribution in [2.24, 2.45) is 5.92 Å². The van der Waals surface area contributed by atoms with Gasteiger partial charge < -0.3 is 15.7 Å². The van der Waals surface area contributed by atoms with E-state index in [0.717, 1.165) is 25.7 Å². The van der Waals surface area contributed by atoms with E-state index in [1.807, 2.05) is 6.92 Å². The second kappa shape index (κ2) is 7.36. The number of aliphatic carboxylic acids is 1. The Morgan fingerprint density at radius 3 is 2.50 bits per heavy atom. The molecule has 0 aromatic heterocycles. The Hall–Kier alpha value is -1.10. The lowest BCUT2D eigenvalue weighted by Gasteiger charge is -2.14. The molecule has 0 heterocycles. The third-order valence-electron chi connectivity index (χ3n) is 3.25. The highest BCUT2D eigenvalue weighted by Crippen LogP contribution is 2.18. The summed E-state index contributed by atoms with van der Waals surface area (Å²) in [4.78, 5) is 22.0. The highest BCUT2D eigenvalue weighted by Gasteiger charge is 2.23. The van der Waals surface area contributed by atoms with Gasteiger partial charge in [0.05, 0.1) is 12.5 Å². The van der Waals surface area contributed by atoms with Crippen LogP contribution in [0.1, 0.15) is 46.0 Å². The molecule has 104 valence electrons. The largest absolute Gasteiger partial charge is 0.481 e. The van der Waals surface area contributed by atoms with E-state index in [4.69, 9.17) is 5.11 Å². The highest BCUT2D eigenvalue weighted by molar-refractivity contribution is 5.78. The first-order valence-corrected chi connectivity index (χ1v) is 6.74. The van der Waals surface area contributed by atoms with Crippen LogP contribution >= 0.6 is 0 Å². The lowest BCUT2D eigenvalue weighted by molar-refractivity contribution is -0.141. The molecular formula is C13H24N2O3. The van der Waals surface area contributed by atoms with Crippen LogP contribution in [0.25, 0.3) is 0 Å². The number of carboxylic acids is 1. The first kappa shape index (κ1) is 15.0. The second-order valence-electron chi connectivity index (χ2n) is 5.29. The molecule has 0 radical (unpaired) electrons. The van der Waals surface area contributed by atoms with Crippen molar-refractivity contribution < 1.29 is 14.7 Å². The molecule has 5 heteroatoms. The van der Waals surface area contributed by atoms with Crippen LogP contribution in [0.3, 0.4) is 0 Å². The predicted molar refractivity (Wildman–Crippen MR) is 69.3 cm³/mol. The maximum absolute atomic E-state index is 11.4. The van der Waals surface area contributed by atoms with E-state index < -0.39 is 5.97 Å². The van der Waals surface area contributed by atoms with Gasteiger partial charge >= 0.3 is 5.97 Å². The Morgan fingerprint density at radius 1 is 1.28 bits per heavy atom. The summed E-state index contributed by atoms with van der Waals surface area (Å²) in [5, 5.41) is 14.8. The minimum Gasteiger partial charge on any atom is -0.481 e. The van der Waals surface area contributed by atoms with Crippen LogP contribution in [0.5, 0.6) is 0 Å². The third kappa shape index (κ3) is 6.59. The molecule has 0 aromatic rings. The minimum atomic E-state index is -0.737. The molecule has 0 bridgehead atoms. The number of hydrogen-bond donors (Lipinski definition) is 3. The van der Waals surface area contributed by atoms with Crippen molar-refractivity contribution in [1.82, 2.24) is 10.6 Å². The zero-order valence-electron chi connectivity index (χ0n) is 11.2. The van der Waals surface area contributed by atoms with Gasteiger partial charge in [-0.15, -0.1) is 0 Å². The van der Waals surface area contributed by atoms with Gasteiger partial charge in [-0.05, 0) is 32.6 Å². The Bertz CT molecular complexity index is 290. The molecule has 0 aromatic carbocycles. The molecule has 0 saturated heterocycles. The molecule has 1 aliphatic carbocycles. The third-order valence-corrected chi connectivity index (χ3v) is 3.25. The van der Waals surface area contributed by atoms with Crippen molar-refractivity contribution in [2.75, 3.05) is 6.54 Å². The lowest BCUT2D eigenvalue weighted by atomic mass is 10.0. The summed E-state index contributed by atoms with van der Waals surface area (Å²) in [6.07, 6.45) is 4.67. The van der Waals surface area contributed by atoms with Crippen LogP contribution in [-0.2, 0) is 9.59 Å².